The van der Waals surface area contributed by atoms with Gasteiger partial charge in [0.15, 0.2) is 5.69 Å². The van der Waals surface area contributed by atoms with E-state index in [4.69, 9.17) is 14.9 Å². The Balaban J connectivity index is 1.49. The van der Waals surface area contributed by atoms with Gasteiger partial charge in [-0.2, -0.15) is 0 Å². The Bertz CT molecular complexity index is 1240. The highest BCUT2D eigenvalue weighted by Crippen LogP contribution is 2.40. The Morgan fingerprint density at radius 3 is 2.39 bits per heavy atom. The fourth-order valence-electron chi connectivity index (χ4n) is 4.98. The SMILES string of the molecule is CCOC(=O)c1cc(-c2ccc(N3CCC4(CC3)COC4)cc2)c(C(C)=N)c(Nc2ccccc2)n1. The second kappa shape index (κ2) is 10.1. The molecule has 0 saturated carbocycles. The summed E-state index contributed by atoms with van der Waals surface area (Å²) in [6.07, 6.45) is 2.32. The number of aromatic nitrogens is 1. The van der Waals surface area contributed by atoms with Gasteiger partial charge in [-0.15, -0.1) is 0 Å². The lowest BCUT2D eigenvalue weighted by atomic mass is 9.77. The summed E-state index contributed by atoms with van der Waals surface area (Å²) in [7, 11) is 0. The zero-order valence-electron chi connectivity index (χ0n) is 20.8. The summed E-state index contributed by atoms with van der Waals surface area (Å²) in [5.41, 5.74) is 5.33. The summed E-state index contributed by atoms with van der Waals surface area (Å²) in [5.74, 6) is -0.0229. The third-order valence-corrected chi connectivity index (χ3v) is 7.10. The van der Waals surface area contributed by atoms with Crippen LogP contribution in [-0.2, 0) is 9.47 Å². The summed E-state index contributed by atoms with van der Waals surface area (Å²) in [4.78, 5) is 19.7. The normalized spacial score (nSPS) is 16.3. The predicted molar refractivity (Wildman–Crippen MR) is 143 cm³/mol. The molecule has 2 aliphatic rings. The molecule has 0 bridgehead atoms. The Morgan fingerprint density at radius 2 is 1.81 bits per heavy atom. The standard InChI is InChI=1S/C29H32N4O3/c1-3-36-28(34)25-17-24(26(20(2)30)27(32-25)31-22-7-5-4-6-8-22)21-9-11-23(12-10-21)33-15-13-29(14-16-33)18-35-19-29/h4-12,17,30H,3,13-16,18-19H2,1-2H3,(H,31,32). The van der Waals surface area contributed by atoms with Gasteiger partial charge in [0, 0.05) is 41.2 Å². The average molecular weight is 485 g/mol. The highest BCUT2D eigenvalue weighted by Gasteiger charge is 2.41. The zero-order chi connectivity index (χ0) is 25.1. The lowest BCUT2D eigenvalue weighted by Gasteiger charge is -2.47. The maximum atomic E-state index is 12.7. The van der Waals surface area contributed by atoms with E-state index in [9.17, 15) is 4.79 Å². The predicted octanol–water partition coefficient (Wildman–Crippen LogP) is 5.67. The van der Waals surface area contributed by atoms with Crippen molar-refractivity contribution in [2.75, 3.05) is 43.1 Å². The van der Waals surface area contributed by atoms with E-state index in [1.54, 1.807) is 19.9 Å². The number of nitrogens with zero attached hydrogens (tertiary/aromatic N) is 2. The first kappa shape index (κ1) is 24.0. The summed E-state index contributed by atoms with van der Waals surface area (Å²) in [6.45, 7) is 7.63. The van der Waals surface area contributed by atoms with Crippen LogP contribution in [0.5, 0.6) is 0 Å². The van der Waals surface area contributed by atoms with E-state index < -0.39 is 5.97 Å². The van der Waals surface area contributed by atoms with E-state index in [2.05, 4.69) is 39.5 Å². The molecule has 7 nitrogen and oxygen atoms in total. The lowest BCUT2D eigenvalue weighted by Crippen LogP contribution is -2.50. The molecule has 0 amide bonds. The number of piperidine rings is 1. The Labute approximate surface area is 212 Å². The fraction of sp³-hybridized carbons (Fsp3) is 0.345. The van der Waals surface area contributed by atoms with Crippen molar-refractivity contribution >= 4 is 28.9 Å². The van der Waals surface area contributed by atoms with Crippen LogP contribution in [0.15, 0.2) is 60.7 Å². The molecule has 3 aromatic rings. The lowest BCUT2D eigenvalue weighted by molar-refractivity contribution is -0.124. The van der Waals surface area contributed by atoms with Crippen LogP contribution in [0.25, 0.3) is 11.1 Å². The van der Waals surface area contributed by atoms with Crippen molar-refractivity contribution < 1.29 is 14.3 Å². The number of para-hydroxylation sites is 1. The van der Waals surface area contributed by atoms with Gasteiger partial charge in [0.2, 0.25) is 0 Å². The first-order valence-corrected chi connectivity index (χ1v) is 12.5. The highest BCUT2D eigenvalue weighted by atomic mass is 16.5. The minimum Gasteiger partial charge on any atom is -0.461 e. The molecule has 1 aromatic heterocycles. The number of carbonyl (C=O) groups is 1. The molecule has 2 aromatic carbocycles. The van der Waals surface area contributed by atoms with Gasteiger partial charge in [0.05, 0.1) is 19.8 Å². The fourth-order valence-corrected chi connectivity index (χ4v) is 4.98. The molecule has 7 heteroatoms. The number of pyridine rings is 1. The topological polar surface area (TPSA) is 87.5 Å². The number of nitrogens with one attached hydrogen (secondary N) is 2. The van der Waals surface area contributed by atoms with Crippen molar-refractivity contribution in [2.45, 2.75) is 26.7 Å². The van der Waals surface area contributed by atoms with E-state index >= 15 is 0 Å². The molecule has 3 heterocycles. The van der Waals surface area contributed by atoms with E-state index in [1.165, 1.54) is 5.69 Å². The molecule has 0 radical (unpaired) electrons. The molecule has 0 unspecified atom stereocenters. The Morgan fingerprint density at radius 1 is 1.11 bits per heavy atom. The monoisotopic (exact) mass is 484 g/mol. The number of esters is 1. The molecule has 2 fully saturated rings. The molecular weight excluding hydrogens is 452 g/mol. The molecule has 2 saturated heterocycles. The molecular formula is C29H32N4O3. The Kier molecular flexibility index (Phi) is 6.74. The molecule has 2 N–H and O–H groups in total. The number of anilines is 3. The van der Waals surface area contributed by atoms with Crippen molar-refractivity contribution in [3.63, 3.8) is 0 Å². The van der Waals surface area contributed by atoms with Crippen LogP contribution in [0.4, 0.5) is 17.2 Å². The average Bonchev–Trinajstić information content (AvgIpc) is 2.88. The maximum absolute atomic E-state index is 12.7. The smallest absolute Gasteiger partial charge is 0.357 e. The molecule has 0 atom stereocenters. The van der Waals surface area contributed by atoms with Crippen LogP contribution in [0, 0.1) is 10.8 Å². The second-order valence-corrected chi connectivity index (χ2v) is 9.64. The zero-order valence-corrected chi connectivity index (χ0v) is 20.8. The Hall–Kier alpha value is -3.71. The summed E-state index contributed by atoms with van der Waals surface area (Å²) >= 11 is 0. The molecule has 1 spiro atoms. The first-order chi connectivity index (χ1) is 17.5. The van der Waals surface area contributed by atoms with Gasteiger partial charge >= 0.3 is 5.97 Å². The van der Waals surface area contributed by atoms with Crippen molar-refractivity contribution in [3.05, 3.63) is 71.9 Å². The van der Waals surface area contributed by atoms with E-state index in [0.29, 0.717) is 22.5 Å². The van der Waals surface area contributed by atoms with Crippen LogP contribution >= 0.6 is 0 Å². The van der Waals surface area contributed by atoms with Gasteiger partial charge in [-0.3, -0.25) is 0 Å². The largest absolute Gasteiger partial charge is 0.461 e. The first-order valence-electron chi connectivity index (χ1n) is 12.5. The van der Waals surface area contributed by atoms with Crippen molar-refractivity contribution in [1.29, 1.82) is 5.41 Å². The number of carbonyl (C=O) groups excluding carboxylic acids is 1. The van der Waals surface area contributed by atoms with Crippen molar-refractivity contribution in [3.8, 4) is 11.1 Å². The van der Waals surface area contributed by atoms with E-state index in [-0.39, 0.29) is 12.3 Å². The van der Waals surface area contributed by atoms with Gasteiger partial charge in [-0.1, -0.05) is 30.3 Å². The van der Waals surface area contributed by atoms with Crippen LogP contribution in [0.2, 0.25) is 0 Å². The summed E-state index contributed by atoms with van der Waals surface area (Å²) in [5, 5.41) is 11.8. The highest BCUT2D eigenvalue weighted by molar-refractivity contribution is 6.08. The van der Waals surface area contributed by atoms with Gasteiger partial charge in [-0.25, -0.2) is 9.78 Å². The molecule has 36 heavy (non-hydrogen) atoms. The van der Waals surface area contributed by atoms with Gasteiger partial charge in [0.1, 0.15) is 5.82 Å². The third kappa shape index (κ3) is 4.84. The second-order valence-electron chi connectivity index (χ2n) is 9.64. The molecule has 0 aliphatic carbocycles. The minimum absolute atomic E-state index is 0.211. The van der Waals surface area contributed by atoms with E-state index in [1.807, 2.05) is 30.3 Å². The number of benzene rings is 2. The quantitative estimate of drug-likeness (QED) is 0.332. The number of ether oxygens (including phenoxy) is 2. The third-order valence-electron chi connectivity index (χ3n) is 7.10. The molecule has 5 rings (SSSR count). The van der Waals surface area contributed by atoms with Crippen LogP contribution in [-0.4, -0.2) is 49.6 Å². The van der Waals surface area contributed by atoms with Crippen molar-refractivity contribution in [2.24, 2.45) is 5.41 Å². The van der Waals surface area contributed by atoms with Crippen LogP contribution < -0.4 is 10.2 Å². The number of rotatable bonds is 7. The molecule has 2 aliphatic heterocycles. The minimum atomic E-state index is -0.483. The molecule has 186 valence electrons. The van der Waals surface area contributed by atoms with Crippen molar-refractivity contribution in [1.82, 2.24) is 4.98 Å². The van der Waals surface area contributed by atoms with Gasteiger partial charge in [0.25, 0.3) is 0 Å². The van der Waals surface area contributed by atoms with Gasteiger partial charge in [-0.05, 0) is 68.1 Å². The number of hydrogen-bond donors (Lipinski definition) is 2. The maximum Gasteiger partial charge on any atom is 0.357 e. The van der Waals surface area contributed by atoms with E-state index in [0.717, 1.165) is 56.0 Å². The number of hydrogen-bond acceptors (Lipinski definition) is 7. The van der Waals surface area contributed by atoms with Gasteiger partial charge < -0.3 is 25.1 Å². The van der Waals surface area contributed by atoms with Crippen LogP contribution in [0.3, 0.4) is 0 Å². The van der Waals surface area contributed by atoms with Crippen LogP contribution in [0.1, 0.15) is 42.7 Å². The summed E-state index contributed by atoms with van der Waals surface area (Å²) < 4.78 is 10.7. The summed E-state index contributed by atoms with van der Waals surface area (Å²) in [6, 6.07) is 19.8.